The minimum absolute atomic E-state index is 0.00700. The maximum atomic E-state index is 12.5. The van der Waals surface area contributed by atoms with Crippen LogP contribution in [0.15, 0.2) is 30.6 Å². The molecule has 0 saturated heterocycles. The van der Waals surface area contributed by atoms with E-state index in [-0.39, 0.29) is 11.9 Å². The molecule has 2 heterocycles. The minimum Gasteiger partial charge on any atom is -0.354 e. The molecule has 0 unspecified atom stereocenters. The smallest absolute Gasteiger partial charge is 0.242 e. The molecule has 130 valence electrons. The van der Waals surface area contributed by atoms with Gasteiger partial charge in [0.1, 0.15) is 6.04 Å². The number of aromatic nitrogens is 4. The molecule has 6 nitrogen and oxygen atoms in total. The molecule has 1 aliphatic rings. The Bertz CT molecular complexity index is 894. The van der Waals surface area contributed by atoms with Gasteiger partial charge in [-0.05, 0) is 50.3 Å². The number of carbonyl (C=O) groups excluding carboxylic acids is 1. The highest BCUT2D eigenvalue weighted by atomic mass is 16.2. The highest BCUT2D eigenvalue weighted by Crippen LogP contribution is 2.22. The largest absolute Gasteiger partial charge is 0.354 e. The lowest BCUT2D eigenvalue weighted by atomic mass is 9.95. The van der Waals surface area contributed by atoms with Crippen molar-refractivity contribution in [3.63, 3.8) is 0 Å². The number of carbonyl (C=O) groups is 1. The molecule has 0 aliphatic heterocycles. The number of nitrogens with zero attached hydrogens (tertiary/aromatic N) is 3. The number of imidazole rings is 1. The van der Waals surface area contributed by atoms with Crippen LogP contribution in [0.25, 0.3) is 11.0 Å². The molecule has 0 fully saturated rings. The van der Waals surface area contributed by atoms with Crippen molar-refractivity contribution in [1.29, 1.82) is 0 Å². The van der Waals surface area contributed by atoms with E-state index in [1.165, 1.54) is 24.1 Å². The lowest BCUT2D eigenvalue weighted by molar-refractivity contribution is -0.123. The monoisotopic (exact) mass is 337 g/mol. The Morgan fingerprint density at radius 2 is 2.16 bits per heavy atom. The van der Waals surface area contributed by atoms with E-state index < -0.39 is 0 Å². The second kappa shape index (κ2) is 6.70. The van der Waals surface area contributed by atoms with Crippen LogP contribution in [0.2, 0.25) is 0 Å². The van der Waals surface area contributed by atoms with Crippen LogP contribution in [0.3, 0.4) is 0 Å². The van der Waals surface area contributed by atoms with Gasteiger partial charge >= 0.3 is 0 Å². The van der Waals surface area contributed by atoms with Crippen LogP contribution in [0.4, 0.5) is 0 Å². The molecule has 25 heavy (non-hydrogen) atoms. The number of para-hydroxylation sites is 2. The number of H-pyrrole nitrogens is 1. The predicted octanol–water partition coefficient (Wildman–Crippen LogP) is 2.56. The summed E-state index contributed by atoms with van der Waals surface area (Å²) in [7, 11) is 0. The zero-order valence-electron chi connectivity index (χ0n) is 14.5. The predicted molar refractivity (Wildman–Crippen MR) is 96.4 cm³/mol. The van der Waals surface area contributed by atoms with Gasteiger partial charge in [0.15, 0.2) is 0 Å². The summed E-state index contributed by atoms with van der Waals surface area (Å²) in [5.41, 5.74) is 5.65. The van der Waals surface area contributed by atoms with E-state index >= 15 is 0 Å². The van der Waals surface area contributed by atoms with Gasteiger partial charge in [-0.25, -0.2) is 4.98 Å². The van der Waals surface area contributed by atoms with Gasteiger partial charge in [-0.2, -0.15) is 5.10 Å². The lowest BCUT2D eigenvalue weighted by Crippen LogP contribution is -2.32. The first kappa shape index (κ1) is 15.9. The van der Waals surface area contributed by atoms with Crippen LogP contribution in [0, 0.1) is 0 Å². The van der Waals surface area contributed by atoms with Crippen molar-refractivity contribution >= 4 is 16.9 Å². The van der Waals surface area contributed by atoms with Gasteiger partial charge in [-0.3, -0.25) is 9.89 Å². The van der Waals surface area contributed by atoms with Crippen molar-refractivity contribution < 1.29 is 4.79 Å². The Balaban J connectivity index is 1.38. The Morgan fingerprint density at radius 1 is 1.32 bits per heavy atom. The van der Waals surface area contributed by atoms with E-state index in [9.17, 15) is 4.79 Å². The van der Waals surface area contributed by atoms with E-state index in [0.717, 1.165) is 36.0 Å². The Morgan fingerprint density at radius 3 is 3.08 bits per heavy atom. The molecule has 2 aromatic heterocycles. The maximum Gasteiger partial charge on any atom is 0.242 e. The summed E-state index contributed by atoms with van der Waals surface area (Å²) in [5.74, 6) is 0.00700. The average molecular weight is 337 g/mol. The van der Waals surface area contributed by atoms with Crippen LogP contribution in [-0.2, 0) is 24.1 Å². The molecule has 1 amide bonds. The normalized spacial score (nSPS) is 15.1. The first-order chi connectivity index (χ1) is 12.2. The molecule has 0 radical (unpaired) electrons. The average Bonchev–Trinajstić information content (AvgIpc) is 3.25. The summed E-state index contributed by atoms with van der Waals surface area (Å²) >= 11 is 0. The van der Waals surface area contributed by atoms with Gasteiger partial charge in [0.05, 0.1) is 23.1 Å². The molecular formula is C19H23N5O. The Hall–Kier alpha value is -2.63. The molecule has 1 aromatic carbocycles. The number of rotatable bonds is 5. The Kier molecular flexibility index (Phi) is 4.26. The minimum atomic E-state index is -0.291. The van der Waals surface area contributed by atoms with Crippen molar-refractivity contribution in [1.82, 2.24) is 25.1 Å². The molecule has 6 heteroatoms. The standard InChI is InChI=1S/C19H23N5O/c1-13(24-12-21-17-8-4-5-9-18(17)24)19(25)20-11-10-16-14-6-2-3-7-15(14)22-23-16/h4-5,8-9,12-13H,2-3,6-7,10-11H2,1H3,(H,20,25)(H,22,23)/t13-/m0/s1. The van der Waals surface area contributed by atoms with Crippen LogP contribution in [0.5, 0.6) is 0 Å². The number of fused-ring (bicyclic) bond motifs is 2. The van der Waals surface area contributed by atoms with Crippen LogP contribution in [-0.4, -0.2) is 32.2 Å². The van der Waals surface area contributed by atoms with E-state index in [0.29, 0.717) is 6.54 Å². The summed E-state index contributed by atoms with van der Waals surface area (Å²) in [6, 6.07) is 7.57. The topological polar surface area (TPSA) is 75.6 Å². The van der Waals surface area contributed by atoms with Crippen LogP contribution in [0.1, 0.15) is 42.8 Å². The highest BCUT2D eigenvalue weighted by Gasteiger charge is 2.19. The number of nitrogens with one attached hydrogen (secondary N) is 2. The third kappa shape index (κ3) is 3.04. The lowest BCUT2D eigenvalue weighted by Gasteiger charge is -2.15. The number of benzene rings is 1. The fourth-order valence-corrected chi connectivity index (χ4v) is 3.62. The SMILES string of the molecule is C[C@@H](C(=O)NCCc1n[nH]c2c1CCCC2)n1cnc2ccccc21. The van der Waals surface area contributed by atoms with E-state index in [4.69, 9.17) is 0 Å². The summed E-state index contributed by atoms with van der Waals surface area (Å²) < 4.78 is 1.92. The zero-order valence-corrected chi connectivity index (χ0v) is 14.5. The highest BCUT2D eigenvalue weighted by molar-refractivity contribution is 5.83. The van der Waals surface area contributed by atoms with E-state index in [2.05, 4.69) is 20.5 Å². The summed E-state index contributed by atoms with van der Waals surface area (Å²) in [6.45, 7) is 2.51. The second-order valence-corrected chi connectivity index (χ2v) is 6.69. The van der Waals surface area contributed by atoms with Crippen molar-refractivity contribution in [3.8, 4) is 0 Å². The first-order valence-corrected chi connectivity index (χ1v) is 8.98. The van der Waals surface area contributed by atoms with Crippen LogP contribution >= 0.6 is 0 Å². The summed E-state index contributed by atoms with van der Waals surface area (Å²) in [5, 5.41) is 10.6. The molecule has 0 spiro atoms. The summed E-state index contributed by atoms with van der Waals surface area (Å²) in [4.78, 5) is 16.9. The number of hydrogen-bond donors (Lipinski definition) is 2. The third-order valence-corrected chi connectivity index (χ3v) is 5.08. The Labute approximate surface area is 146 Å². The summed E-state index contributed by atoms with van der Waals surface area (Å²) in [6.07, 6.45) is 7.18. The molecule has 2 N–H and O–H groups in total. The third-order valence-electron chi connectivity index (χ3n) is 5.08. The number of hydrogen-bond acceptors (Lipinski definition) is 3. The van der Waals surface area contributed by atoms with Crippen LogP contribution < -0.4 is 5.32 Å². The fourth-order valence-electron chi connectivity index (χ4n) is 3.62. The number of aryl methyl sites for hydroxylation is 1. The zero-order chi connectivity index (χ0) is 17.2. The van der Waals surface area contributed by atoms with Crippen molar-refractivity contribution in [2.24, 2.45) is 0 Å². The first-order valence-electron chi connectivity index (χ1n) is 8.98. The van der Waals surface area contributed by atoms with E-state index in [1.54, 1.807) is 6.33 Å². The van der Waals surface area contributed by atoms with Gasteiger partial charge in [0.2, 0.25) is 5.91 Å². The molecule has 3 aromatic rings. The molecule has 0 saturated carbocycles. The second-order valence-electron chi connectivity index (χ2n) is 6.69. The molecule has 1 atom stereocenters. The van der Waals surface area contributed by atoms with Gasteiger partial charge < -0.3 is 9.88 Å². The quantitative estimate of drug-likeness (QED) is 0.751. The molecule has 0 bridgehead atoms. The van der Waals surface area contributed by atoms with E-state index in [1.807, 2.05) is 35.8 Å². The molecule has 1 aliphatic carbocycles. The van der Waals surface area contributed by atoms with Gasteiger partial charge in [0, 0.05) is 18.7 Å². The van der Waals surface area contributed by atoms with Gasteiger partial charge in [-0.15, -0.1) is 0 Å². The number of amides is 1. The van der Waals surface area contributed by atoms with Crippen molar-refractivity contribution in [2.75, 3.05) is 6.54 Å². The van der Waals surface area contributed by atoms with Crippen molar-refractivity contribution in [3.05, 3.63) is 47.5 Å². The fraction of sp³-hybridized carbons (Fsp3) is 0.421. The van der Waals surface area contributed by atoms with Crippen molar-refractivity contribution in [2.45, 2.75) is 45.1 Å². The van der Waals surface area contributed by atoms with Gasteiger partial charge in [0.25, 0.3) is 0 Å². The maximum absolute atomic E-state index is 12.5. The molecule has 4 rings (SSSR count). The van der Waals surface area contributed by atoms with Gasteiger partial charge in [-0.1, -0.05) is 12.1 Å². The molecular weight excluding hydrogens is 314 g/mol. The number of aromatic amines is 1.